The maximum atomic E-state index is 13.8. The number of sulfonamides is 1. The molecule has 0 radical (unpaired) electrons. The molecular formula is C37H54N4O6S. The Bertz CT molecular complexity index is 1410. The van der Waals surface area contributed by atoms with Gasteiger partial charge in [0.05, 0.1) is 23.8 Å². The molecule has 3 unspecified atom stereocenters. The van der Waals surface area contributed by atoms with Crippen molar-refractivity contribution in [3.8, 4) is 12.3 Å². The number of likely N-dealkylation sites (N-methyl/N-ethyl adjacent to an activating group) is 1. The molecule has 0 bridgehead atoms. The van der Waals surface area contributed by atoms with Crippen LogP contribution in [0.1, 0.15) is 76.5 Å². The van der Waals surface area contributed by atoms with Crippen LogP contribution in [0.25, 0.3) is 0 Å². The van der Waals surface area contributed by atoms with Crippen LogP contribution in [-0.2, 0) is 32.5 Å². The van der Waals surface area contributed by atoms with E-state index >= 15 is 0 Å². The number of amides is 2. The zero-order valence-electron chi connectivity index (χ0n) is 28.6. The Morgan fingerprint density at radius 2 is 1.71 bits per heavy atom. The highest BCUT2D eigenvalue weighted by Gasteiger charge is 2.35. The first-order valence-electron chi connectivity index (χ1n) is 17.2. The molecule has 1 aliphatic rings. The van der Waals surface area contributed by atoms with E-state index in [-0.39, 0.29) is 25.3 Å². The first kappa shape index (κ1) is 39.1. The van der Waals surface area contributed by atoms with E-state index in [9.17, 15) is 28.2 Å². The van der Waals surface area contributed by atoms with Gasteiger partial charge in [0.1, 0.15) is 12.1 Å². The summed E-state index contributed by atoms with van der Waals surface area (Å²) in [5.41, 5.74) is 1.53. The van der Waals surface area contributed by atoms with Crippen LogP contribution in [0.3, 0.4) is 0 Å². The van der Waals surface area contributed by atoms with Gasteiger partial charge in [-0.1, -0.05) is 82.3 Å². The molecule has 1 aromatic heterocycles. The maximum Gasteiger partial charge on any atom is 0.243 e. The molecule has 1 aromatic carbocycles. The van der Waals surface area contributed by atoms with Crippen LogP contribution in [0, 0.1) is 30.1 Å². The summed E-state index contributed by atoms with van der Waals surface area (Å²) in [6.07, 6.45) is 11.6. The van der Waals surface area contributed by atoms with Crippen molar-refractivity contribution in [3.05, 3.63) is 66.0 Å². The van der Waals surface area contributed by atoms with Gasteiger partial charge in [0.2, 0.25) is 21.8 Å². The average Bonchev–Trinajstić information content (AvgIpc) is 3.07. The van der Waals surface area contributed by atoms with E-state index in [0.717, 1.165) is 43.4 Å². The van der Waals surface area contributed by atoms with Gasteiger partial charge in [0.15, 0.2) is 0 Å². The molecule has 3 rings (SSSR count). The molecule has 1 saturated carbocycles. The number of carbonyl (C=O) groups excluding carboxylic acids is 2. The highest BCUT2D eigenvalue weighted by Crippen LogP contribution is 2.29. The number of hydrogen-bond donors (Lipinski definition) is 4. The number of pyridine rings is 1. The van der Waals surface area contributed by atoms with Crippen molar-refractivity contribution >= 4 is 21.8 Å². The Labute approximate surface area is 287 Å². The molecule has 0 aliphatic heterocycles. The predicted octanol–water partition coefficient (Wildman–Crippen LogP) is 3.48. The van der Waals surface area contributed by atoms with Crippen molar-refractivity contribution in [2.24, 2.45) is 17.8 Å². The minimum Gasteiger partial charge on any atom is -0.390 e. The van der Waals surface area contributed by atoms with E-state index < -0.39 is 57.8 Å². The highest BCUT2D eigenvalue weighted by molar-refractivity contribution is 7.89. The molecule has 0 spiro atoms. The number of terminal acetylenes is 1. The number of aliphatic hydroxyl groups excluding tert-OH is 2. The summed E-state index contributed by atoms with van der Waals surface area (Å²) in [5, 5.41) is 27.6. The molecule has 5 atom stereocenters. The molecule has 48 heavy (non-hydrogen) atoms. The lowest BCUT2D eigenvalue weighted by Crippen LogP contribution is -2.56. The molecular weight excluding hydrogens is 628 g/mol. The standard InChI is InChI=1S/C37H54N4O6S/c1-5-14-32(37(45)40-33(25-29-17-10-7-11-18-29)35(43)34(42)23-27(2)3)39-36(44)30(24-28-15-8-6-9-16-28)26-48(46,47)41(4)22-20-31-19-12-13-21-38-31/h1,6,8-9,12-13,15-16,19,21,27,29-30,32-35,42-43H,7,10-11,14,17-18,20,22-26H2,2-4H3,(H,39,44)(H,40,45)/t30?,32-,33?,34-,35?/m0/s1. The van der Waals surface area contributed by atoms with Crippen molar-refractivity contribution in [3.63, 3.8) is 0 Å². The van der Waals surface area contributed by atoms with E-state index in [1.165, 1.54) is 11.4 Å². The number of nitrogens with zero attached hydrogens (tertiary/aromatic N) is 2. The normalized spacial score (nSPS) is 17.2. The van der Waals surface area contributed by atoms with Crippen LogP contribution in [0.2, 0.25) is 0 Å². The van der Waals surface area contributed by atoms with E-state index in [1.807, 2.05) is 56.3 Å². The number of nitrogens with one attached hydrogen (secondary N) is 2. The van der Waals surface area contributed by atoms with Gasteiger partial charge in [-0.2, -0.15) is 0 Å². The van der Waals surface area contributed by atoms with Crippen molar-refractivity contribution < 1.29 is 28.2 Å². The van der Waals surface area contributed by atoms with Crippen molar-refractivity contribution in [2.45, 2.75) is 102 Å². The summed E-state index contributed by atoms with van der Waals surface area (Å²) in [6, 6.07) is 12.7. The molecule has 10 nitrogen and oxygen atoms in total. The van der Waals surface area contributed by atoms with Crippen LogP contribution in [0.4, 0.5) is 0 Å². The largest absolute Gasteiger partial charge is 0.390 e. The number of benzene rings is 1. The van der Waals surface area contributed by atoms with E-state index in [0.29, 0.717) is 25.2 Å². The number of hydrogen-bond acceptors (Lipinski definition) is 7. The van der Waals surface area contributed by atoms with Gasteiger partial charge >= 0.3 is 0 Å². The minimum absolute atomic E-state index is 0.132. The quantitative estimate of drug-likeness (QED) is 0.166. The Hall–Kier alpha value is -3.30. The molecule has 2 aromatic rings. The third kappa shape index (κ3) is 13.0. The predicted molar refractivity (Wildman–Crippen MR) is 188 cm³/mol. The fourth-order valence-electron chi connectivity index (χ4n) is 6.32. The summed E-state index contributed by atoms with van der Waals surface area (Å²) in [6.45, 7) is 4.09. The van der Waals surface area contributed by atoms with Gasteiger partial charge < -0.3 is 20.8 Å². The highest BCUT2D eigenvalue weighted by atomic mass is 32.2. The van der Waals surface area contributed by atoms with Crippen LogP contribution in [0.15, 0.2) is 54.7 Å². The van der Waals surface area contributed by atoms with E-state index in [4.69, 9.17) is 6.42 Å². The van der Waals surface area contributed by atoms with Gasteiger partial charge in [-0.25, -0.2) is 12.7 Å². The van der Waals surface area contributed by atoms with Gasteiger partial charge in [-0.15, -0.1) is 12.3 Å². The van der Waals surface area contributed by atoms with Crippen molar-refractivity contribution in [1.82, 2.24) is 19.9 Å². The second-order valence-electron chi connectivity index (χ2n) is 13.6. The van der Waals surface area contributed by atoms with Gasteiger partial charge in [-0.05, 0) is 48.8 Å². The summed E-state index contributed by atoms with van der Waals surface area (Å²) in [4.78, 5) is 31.8. The Morgan fingerprint density at radius 1 is 1.02 bits per heavy atom. The van der Waals surface area contributed by atoms with Gasteiger partial charge in [-0.3, -0.25) is 14.6 Å². The topological polar surface area (TPSA) is 149 Å². The summed E-state index contributed by atoms with van der Waals surface area (Å²) in [7, 11) is -2.40. The maximum absolute atomic E-state index is 13.8. The third-order valence-corrected chi connectivity index (χ3v) is 11.1. The first-order valence-corrected chi connectivity index (χ1v) is 18.8. The number of rotatable bonds is 19. The van der Waals surface area contributed by atoms with Gasteiger partial charge in [0, 0.05) is 38.3 Å². The molecule has 4 N–H and O–H groups in total. The Balaban J connectivity index is 1.77. The summed E-state index contributed by atoms with van der Waals surface area (Å²) < 4.78 is 28.3. The van der Waals surface area contributed by atoms with Crippen LogP contribution in [0.5, 0.6) is 0 Å². The Kier molecular flexibility index (Phi) is 16.0. The Morgan fingerprint density at radius 3 is 2.33 bits per heavy atom. The zero-order chi connectivity index (χ0) is 35.1. The lowest BCUT2D eigenvalue weighted by molar-refractivity contribution is -0.132. The van der Waals surface area contributed by atoms with Crippen molar-refractivity contribution in [1.29, 1.82) is 0 Å². The summed E-state index contributed by atoms with van der Waals surface area (Å²) >= 11 is 0. The van der Waals surface area contributed by atoms with Crippen LogP contribution < -0.4 is 10.6 Å². The lowest BCUT2D eigenvalue weighted by Gasteiger charge is -2.33. The molecule has 1 heterocycles. The van der Waals surface area contributed by atoms with Crippen molar-refractivity contribution in [2.75, 3.05) is 19.3 Å². The van der Waals surface area contributed by atoms with Gasteiger partial charge in [0.25, 0.3) is 0 Å². The van der Waals surface area contributed by atoms with E-state index in [1.54, 1.807) is 12.3 Å². The lowest BCUT2D eigenvalue weighted by atomic mass is 9.82. The number of aliphatic hydroxyl groups is 2. The summed E-state index contributed by atoms with van der Waals surface area (Å²) in [5.74, 6) is 0.213. The fourth-order valence-corrected chi connectivity index (χ4v) is 7.72. The molecule has 1 fully saturated rings. The molecule has 1 aliphatic carbocycles. The second-order valence-corrected chi connectivity index (χ2v) is 15.7. The third-order valence-electron chi connectivity index (χ3n) is 9.11. The fraction of sp³-hybridized carbons (Fsp3) is 0.595. The monoisotopic (exact) mass is 682 g/mol. The molecule has 0 saturated heterocycles. The van der Waals surface area contributed by atoms with E-state index in [2.05, 4.69) is 21.5 Å². The van der Waals surface area contributed by atoms with Crippen LogP contribution >= 0.6 is 0 Å². The zero-order valence-corrected chi connectivity index (χ0v) is 29.4. The smallest absolute Gasteiger partial charge is 0.243 e. The number of aromatic nitrogens is 1. The molecule has 264 valence electrons. The molecule has 2 amide bonds. The SMILES string of the molecule is C#CC[C@H](NC(=O)C(Cc1ccccc1)CS(=O)(=O)N(C)CCc1ccccn1)C(=O)NC(CC1CCCCC1)C(O)[C@@H](O)CC(C)C. The molecule has 11 heteroatoms. The van der Waals surface area contributed by atoms with Crippen LogP contribution in [-0.4, -0.2) is 83.4 Å². The number of carbonyl (C=O) groups is 2. The second kappa shape index (κ2) is 19.6. The first-order chi connectivity index (χ1) is 22.9. The average molecular weight is 683 g/mol. The minimum atomic E-state index is -3.89.